The lowest BCUT2D eigenvalue weighted by Crippen LogP contribution is -2.16. The molecule has 0 saturated heterocycles. The van der Waals surface area contributed by atoms with Gasteiger partial charge in [0.1, 0.15) is 11.4 Å². The molecule has 0 aliphatic carbocycles. The van der Waals surface area contributed by atoms with Gasteiger partial charge in [0.05, 0.1) is 18.5 Å². The summed E-state index contributed by atoms with van der Waals surface area (Å²) in [5, 5.41) is 7.08. The molecule has 7 heteroatoms. The quantitative estimate of drug-likeness (QED) is 0.575. The number of carbonyl (C=O) groups is 1. The first-order valence-electron chi connectivity index (χ1n) is 8.21. The molecule has 0 unspecified atom stereocenters. The van der Waals surface area contributed by atoms with Gasteiger partial charge in [-0.1, -0.05) is 30.3 Å². The van der Waals surface area contributed by atoms with E-state index in [2.05, 4.69) is 10.1 Å². The summed E-state index contributed by atoms with van der Waals surface area (Å²) in [6.07, 6.45) is 0. The van der Waals surface area contributed by atoms with E-state index in [1.807, 2.05) is 60.0 Å². The van der Waals surface area contributed by atoms with Crippen LogP contribution in [0.15, 0.2) is 66.0 Å². The van der Waals surface area contributed by atoms with Gasteiger partial charge >= 0.3 is 0 Å². The fourth-order valence-electron chi connectivity index (χ4n) is 2.71. The SMILES string of the molecule is COc1ccc(-c2cc(C(N)=O)n(-c3nc(-c4ccccc4)cs3)n2)cc1. The minimum atomic E-state index is -0.557. The van der Waals surface area contributed by atoms with Crippen LogP contribution in [-0.4, -0.2) is 27.8 Å². The molecule has 4 aromatic rings. The molecule has 0 spiro atoms. The first kappa shape index (κ1) is 17.0. The van der Waals surface area contributed by atoms with Gasteiger partial charge in [-0.2, -0.15) is 9.78 Å². The normalized spacial score (nSPS) is 10.7. The number of hydrogen-bond donors (Lipinski definition) is 1. The van der Waals surface area contributed by atoms with Gasteiger partial charge < -0.3 is 10.5 Å². The van der Waals surface area contributed by atoms with E-state index < -0.39 is 5.91 Å². The summed E-state index contributed by atoms with van der Waals surface area (Å²) in [7, 11) is 1.61. The highest BCUT2D eigenvalue weighted by atomic mass is 32.1. The van der Waals surface area contributed by atoms with Crippen molar-refractivity contribution in [1.29, 1.82) is 0 Å². The number of hydrogen-bond acceptors (Lipinski definition) is 5. The molecule has 0 bridgehead atoms. The number of benzene rings is 2. The number of thiazole rings is 1. The molecule has 2 aromatic heterocycles. The predicted octanol–water partition coefficient (Wildman–Crippen LogP) is 3.77. The standard InChI is InChI=1S/C20H16N4O2S/c1-26-15-9-7-14(8-10-15)16-11-18(19(21)25)24(23-16)20-22-17(12-27-20)13-5-3-2-4-6-13/h2-12H,1H3,(H2,21,25). The second kappa shape index (κ2) is 7.05. The maximum atomic E-state index is 11.9. The number of carbonyl (C=O) groups excluding carboxylic acids is 1. The third-order valence-corrected chi connectivity index (χ3v) is 4.91. The minimum Gasteiger partial charge on any atom is -0.497 e. The zero-order valence-electron chi connectivity index (χ0n) is 14.5. The maximum absolute atomic E-state index is 11.9. The summed E-state index contributed by atoms with van der Waals surface area (Å²) in [6.45, 7) is 0. The van der Waals surface area contributed by atoms with Crippen LogP contribution in [0.1, 0.15) is 10.5 Å². The molecule has 1 amide bonds. The number of primary amides is 1. The predicted molar refractivity (Wildman–Crippen MR) is 105 cm³/mol. The Hall–Kier alpha value is -3.45. The van der Waals surface area contributed by atoms with Crippen LogP contribution in [0.25, 0.3) is 27.6 Å². The van der Waals surface area contributed by atoms with Crippen LogP contribution in [0.3, 0.4) is 0 Å². The highest BCUT2D eigenvalue weighted by Gasteiger charge is 2.18. The Labute approximate surface area is 159 Å². The van der Waals surface area contributed by atoms with Crippen molar-refractivity contribution in [2.75, 3.05) is 7.11 Å². The van der Waals surface area contributed by atoms with Crippen LogP contribution in [0, 0.1) is 0 Å². The molecule has 0 atom stereocenters. The Balaban J connectivity index is 1.75. The van der Waals surface area contributed by atoms with Crippen molar-refractivity contribution < 1.29 is 9.53 Å². The van der Waals surface area contributed by atoms with Gasteiger partial charge in [-0.3, -0.25) is 4.79 Å². The van der Waals surface area contributed by atoms with Crippen molar-refractivity contribution >= 4 is 17.2 Å². The average molecular weight is 376 g/mol. The highest BCUT2D eigenvalue weighted by Crippen LogP contribution is 2.27. The Morgan fingerprint density at radius 2 is 1.74 bits per heavy atom. The fourth-order valence-corrected chi connectivity index (χ4v) is 3.50. The molecule has 0 fully saturated rings. The number of ether oxygens (including phenoxy) is 1. The summed E-state index contributed by atoms with van der Waals surface area (Å²) in [5.41, 5.74) is 9.18. The van der Waals surface area contributed by atoms with Gasteiger partial charge in [-0.05, 0) is 30.3 Å². The van der Waals surface area contributed by atoms with Gasteiger partial charge in [-0.25, -0.2) is 4.98 Å². The number of nitrogens with zero attached hydrogens (tertiary/aromatic N) is 3. The fraction of sp³-hybridized carbons (Fsp3) is 0.0500. The van der Waals surface area contributed by atoms with Crippen LogP contribution >= 0.6 is 11.3 Å². The Kier molecular flexibility index (Phi) is 4.43. The van der Waals surface area contributed by atoms with Crippen molar-refractivity contribution in [3.8, 4) is 33.4 Å². The topological polar surface area (TPSA) is 83.0 Å². The smallest absolute Gasteiger partial charge is 0.267 e. The molecule has 2 N–H and O–H groups in total. The highest BCUT2D eigenvalue weighted by molar-refractivity contribution is 7.12. The van der Waals surface area contributed by atoms with E-state index >= 15 is 0 Å². The molecule has 0 aliphatic rings. The summed E-state index contributed by atoms with van der Waals surface area (Å²) < 4.78 is 6.68. The van der Waals surface area contributed by atoms with E-state index in [0.29, 0.717) is 10.8 Å². The molecular formula is C20H16N4O2S. The maximum Gasteiger partial charge on any atom is 0.267 e. The molecule has 4 rings (SSSR count). The monoisotopic (exact) mass is 376 g/mol. The van der Waals surface area contributed by atoms with E-state index in [9.17, 15) is 4.79 Å². The third-order valence-electron chi connectivity index (χ3n) is 4.09. The Morgan fingerprint density at radius 1 is 1.04 bits per heavy atom. The van der Waals surface area contributed by atoms with Gasteiger partial charge in [0.15, 0.2) is 0 Å². The molecular weight excluding hydrogens is 360 g/mol. The number of aromatic nitrogens is 3. The zero-order valence-corrected chi connectivity index (χ0v) is 15.3. The first-order valence-corrected chi connectivity index (χ1v) is 9.09. The molecule has 2 heterocycles. The van der Waals surface area contributed by atoms with Crippen LogP contribution in [-0.2, 0) is 0 Å². The number of rotatable bonds is 5. The molecule has 0 radical (unpaired) electrons. The Morgan fingerprint density at radius 3 is 2.41 bits per heavy atom. The number of nitrogens with two attached hydrogens (primary N) is 1. The summed E-state index contributed by atoms with van der Waals surface area (Å²) in [5.74, 6) is 0.194. The van der Waals surface area contributed by atoms with Gasteiger partial charge in [-0.15, -0.1) is 11.3 Å². The van der Waals surface area contributed by atoms with Crippen molar-refractivity contribution in [3.05, 3.63) is 71.7 Å². The van der Waals surface area contributed by atoms with E-state index in [-0.39, 0.29) is 5.69 Å². The first-order chi connectivity index (χ1) is 13.2. The molecule has 134 valence electrons. The summed E-state index contributed by atoms with van der Waals surface area (Å²) >= 11 is 1.41. The zero-order chi connectivity index (χ0) is 18.8. The van der Waals surface area contributed by atoms with Crippen LogP contribution in [0.2, 0.25) is 0 Å². The largest absolute Gasteiger partial charge is 0.497 e. The Bertz CT molecular complexity index is 1080. The van der Waals surface area contributed by atoms with Crippen LogP contribution in [0.5, 0.6) is 5.75 Å². The number of amides is 1. The van der Waals surface area contributed by atoms with Crippen molar-refractivity contribution in [1.82, 2.24) is 14.8 Å². The minimum absolute atomic E-state index is 0.287. The lowest BCUT2D eigenvalue weighted by molar-refractivity contribution is 0.0993. The van der Waals surface area contributed by atoms with Crippen molar-refractivity contribution in [3.63, 3.8) is 0 Å². The van der Waals surface area contributed by atoms with Gasteiger partial charge in [0.2, 0.25) is 5.13 Å². The molecule has 6 nitrogen and oxygen atoms in total. The molecule has 0 aliphatic heterocycles. The lowest BCUT2D eigenvalue weighted by Gasteiger charge is -2.01. The van der Waals surface area contributed by atoms with E-state index in [0.717, 1.165) is 22.6 Å². The third kappa shape index (κ3) is 3.32. The average Bonchev–Trinajstić information content (AvgIpc) is 3.36. The van der Waals surface area contributed by atoms with Crippen LogP contribution in [0.4, 0.5) is 0 Å². The summed E-state index contributed by atoms with van der Waals surface area (Å²) in [6, 6.07) is 19.0. The molecule has 0 saturated carbocycles. The number of methoxy groups -OCH3 is 1. The van der Waals surface area contributed by atoms with Crippen LogP contribution < -0.4 is 10.5 Å². The van der Waals surface area contributed by atoms with Crippen molar-refractivity contribution in [2.45, 2.75) is 0 Å². The molecule has 2 aromatic carbocycles. The second-order valence-electron chi connectivity index (χ2n) is 5.80. The van der Waals surface area contributed by atoms with E-state index in [4.69, 9.17) is 10.5 Å². The molecule has 27 heavy (non-hydrogen) atoms. The second-order valence-corrected chi connectivity index (χ2v) is 6.64. The van der Waals surface area contributed by atoms with Gasteiger partial charge in [0, 0.05) is 16.5 Å². The van der Waals surface area contributed by atoms with Gasteiger partial charge in [0.25, 0.3) is 5.91 Å². The van der Waals surface area contributed by atoms with Crippen molar-refractivity contribution in [2.24, 2.45) is 5.73 Å². The summed E-state index contributed by atoms with van der Waals surface area (Å²) in [4.78, 5) is 16.6. The van der Waals surface area contributed by atoms with E-state index in [1.165, 1.54) is 16.0 Å². The lowest BCUT2D eigenvalue weighted by atomic mass is 10.1. The van der Waals surface area contributed by atoms with E-state index in [1.54, 1.807) is 13.2 Å².